The van der Waals surface area contributed by atoms with Crippen molar-refractivity contribution < 1.29 is 24.1 Å². The number of methoxy groups -OCH3 is 1. The quantitative estimate of drug-likeness (QED) is 0.243. The van der Waals surface area contributed by atoms with Crippen LogP contribution in [0.15, 0.2) is 23.9 Å². The highest BCUT2D eigenvalue weighted by Gasteiger charge is 2.53. The summed E-state index contributed by atoms with van der Waals surface area (Å²) >= 11 is 6.63. The normalized spacial score (nSPS) is 17.7. The molecular weight excluding hydrogens is 534 g/mol. The summed E-state index contributed by atoms with van der Waals surface area (Å²) in [5.41, 5.74) is 8.99. The van der Waals surface area contributed by atoms with Crippen molar-refractivity contribution >= 4 is 28.8 Å². The molecule has 1 atom stereocenters. The van der Waals surface area contributed by atoms with Gasteiger partial charge in [0, 0.05) is 49.0 Å². The number of aliphatic hydroxyl groups is 1. The Hall–Kier alpha value is -2.76. The Morgan fingerprint density at radius 3 is 2.62 bits per heavy atom. The van der Waals surface area contributed by atoms with Crippen LogP contribution in [0.5, 0.6) is 5.75 Å². The van der Waals surface area contributed by atoms with Crippen LogP contribution in [0, 0.1) is 12.3 Å². The maximum absolute atomic E-state index is 12.7. The van der Waals surface area contributed by atoms with Gasteiger partial charge in [0.15, 0.2) is 11.6 Å². The Balaban J connectivity index is 1.65. The lowest BCUT2D eigenvalue weighted by molar-refractivity contribution is -0.111. The zero-order chi connectivity index (χ0) is 29.0. The number of rotatable bonds is 13. The van der Waals surface area contributed by atoms with Crippen LogP contribution in [0.25, 0.3) is 17.0 Å². The summed E-state index contributed by atoms with van der Waals surface area (Å²) in [6.45, 7) is 8.52. The number of anilines is 1. The lowest BCUT2D eigenvalue weighted by Gasteiger charge is -2.59. The molecule has 4 N–H and O–H groups in total. The number of hydrogen-bond donors (Lipinski definition) is 3. The molecule has 2 heterocycles. The van der Waals surface area contributed by atoms with Gasteiger partial charge in [-0.15, -0.1) is 0 Å². The Morgan fingerprint density at radius 2 is 2.00 bits per heavy atom. The molecule has 218 valence electrons. The highest BCUT2D eigenvalue weighted by atomic mass is 35.5. The van der Waals surface area contributed by atoms with E-state index in [2.05, 4.69) is 10.2 Å². The first-order valence-corrected chi connectivity index (χ1v) is 13.9. The van der Waals surface area contributed by atoms with E-state index in [4.69, 9.17) is 41.5 Å². The number of ether oxygens (including phenoxy) is 3. The van der Waals surface area contributed by atoms with Gasteiger partial charge in [0.2, 0.25) is 0 Å². The highest BCUT2D eigenvalue weighted by molar-refractivity contribution is 6.33. The SMILES string of the molecule is CNC[C@@H](O)COc1ccc(Cl)c(-c2nc(C(C(C)=O)=C(C)N)c(C)c(N3CC4(CC(OCCOC)C4)C3)n2)c1. The molecule has 10 nitrogen and oxygen atoms in total. The zero-order valence-corrected chi connectivity index (χ0v) is 24.7. The second-order valence-electron chi connectivity index (χ2n) is 10.9. The van der Waals surface area contributed by atoms with Crippen LogP contribution >= 0.6 is 11.6 Å². The zero-order valence-electron chi connectivity index (χ0n) is 23.9. The number of benzene rings is 1. The number of likely N-dealkylation sites (N-methyl/N-ethyl adjacent to an activating group) is 1. The van der Waals surface area contributed by atoms with Gasteiger partial charge >= 0.3 is 0 Å². The molecule has 40 heavy (non-hydrogen) atoms. The monoisotopic (exact) mass is 573 g/mol. The minimum absolute atomic E-state index is 0.114. The number of carbonyl (C=O) groups excluding carboxylic acids is 1. The lowest BCUT2D eigenvalue weighted by Crippen LogP contribution is -2.64. The molecule has 1 aromatic heterocycles. The summed E-state index contributed by atoms with van der Waals surface area (Å²) in [5, 5.41) is 13.4. The fourth-order valence-corrected chi connectivity index (χ4v) is 5.76. The van der Waals surface area contributed by atoms with Crippen molar-refractivity contribution in [3.63, 3.8) is 0 Å². The summed E-state index contributed by atoms with van der Waals surface area (Å²) in [7, 11) is 3.44. The predicted molar refractivity (Wildman–Crippen MR) is 156 cm³/mol. The Kier molecular flexibility index (Phi) is 9.68. The van der Waals surface area contributed by atoms with Gasteiger partial charge in [-0.3, -0.25) is 4.79 Å². The minimum atomic E-state index is -0.663. The molecule has 0 amide bonds. The number of allylic oxidation sites excluding steroid dienone is 2. The number of aliphatic hydroxyl groups excluding tert-OH is 1. The predicted octanol–water partition coefficient (Wildman–Crippen LogP) is 2.98. The molecule has 1 saturated heterocycles. The van der Waals surface area contributed by atoms with E-state index >= 15 is 0 Å². The van der Waals surface area contributed by atoms with Crippen LogP contribution in [0.3, 0.4) is 0 Å². The van der Waals surface area contributed by atoms with Crippen molar-refractivity contribution in [3.8, 4) is 17.1 Å². The molecule has 2 aromatic rings. The molecule has 1 aromatic carbocycles. The number of nitrogens with one attached hydrogen (secondary N) is 1. The van der Waals surface area contributed by atoms with Crippen LogP contribution in [-0.4, -0.2) is 86.7 Å². The van der Waals surface area contributed by atoms with Crippen LogP contribution < -0.4 is 20.7 Å². The number of nitrogens with two attached hydrogens (primary N) is 1. The largest absolute Gasteiger partial charge is 0.491 e. The lowest BCUT2D eigenvalue weighted by atomic mass is 9.61. The van der Waals surface area contributed by atoms with E-state index in [9.17, 15) is 9.90 Å². The molecule has 11 heteroatoms. The number of halogens is 1. The summed E-state index contributed by atoms with van der Waals surface area (Å²) in [6, 6.07) is 5.20. The molecule has 1 saturated carbocycles. The molecule has 1 aliphatic heterocycles. The first-order valence-electron chi connectivity index (χ1n) is 13.5. The maximum Gasteiger partial charge on any atom is 0.163 e. The molecule has 4 rings (SSSR count). The minimum Gasteiger partial charge on any atom is -0.491 e. The fraction of sp³-hybridized carbons (Fsp3) is 0.552. The number of hydrogen-bond acceptors (Lipinski definition) is 10. The van der Waals surface area contributed by atoms with Gasteiger partial charge in [-0.05, 0) is 58.9 Å². The Bertz CT molecular complexity index is 1250. The van der Waals surface area contributed by atoms with E-state index in [0.717, 1.165) is 37.3 Å². The van der Waals surface area contributed by atoms with Gasteiger partial charge in [0.1, 0.15) is 24.3 Å². The maximum atomic E-state index is 12.7. The number of Topliss-reactive ketones (excluding diaryl/α,β-unsaturated/α-hetero) is 1. The van der Waals surface area contributed by atoms with Gasteiger partial charge < -0.3 is 35.3 Å². The van der Waals surface area contributed by atoms with E-state index < -0.39 is 6.10 Å². The molecule has 2 fully saturated rings. The molecule has 0 bridgehead atoms. The third kappa shape index (κ3) is 6.58. The standard InChI is InChI=1S/C29H40ClN5O5/c1-17-26(25(18(2)31)19(3)36)33-27(23-10-21(6-7-24(23)30)40-14-20(37)13-32-4)34-28(17)35-15-29(16-35)11-22(12-29)39-9-8-38-5/h6-7,10,20,22,32,37H,8-9,11-16,31H2,1-5H3/t20-/m1/s1. The molecular formula is C29H40ClN5O5. The number of nitrogens with zero attached hydrogens (tertiary/aromatic N) is 3. The first kappa shape index (κ1) is 30.2. The van der Waals surface area contributed by atoms with Gasteiger partial charge in [0.25, 0.3) is 0 Å². The molecule has 1 aliphatic carbocycles. The molecule has 2 aliphatic rings. The van der Waals surface area contributed by atoms with Crippen LogP contribution in [0.2, 0.25) is 5.02 Å². The fourth-order valence-electron chi connectivity index (χ4n) is 5.55. The van der Waals surface area contributed by atoms with E-state index in [1.54, 1.807) is 39.3 Å². The van der Waals surface area contributed by atoms with Gasteiger partial charge in [-0.1, -0.05) is 11.6 Å². The van der Waals surface area contributed by atoms with Crippen molar-refractivity contribution in [2.75, 3.05) is 58.5 Å². The van der Waals surface area contributed by atoms with Gasteiger partial charge in [-0.25, -0.2) is 9.97 Å². The van der Waals surface area contributed by atoms with E-state index in [1.165, 1.54) is 6.92 Å². The third-order valence-electron chi connectivity index (χ3n) is 7.48. The van der Waals surface area contributed by atoms with Gasteiger partial charge in [-0.2, -0.15) is 0 Å². The first-order chi connectivity index (χ1) is 19.1. The van der Waals surface area contributed by atoms with Crippen molar-refractivity contribution in [2.45, 2.75) is 45.8 Å². The molecule has 0 radical (unpaired) electrons. The van der Waals surface area contributed by atoms with E-state index in [1.807, 2.05) is 6.92 Å². The van der Waals surface area contributed by atoms with Crippen LogP contribution in [0.4, 0.5) is 5.82 Å². The number of carbonyl (C=O) groups is 1. The van der Waals surface area contributed by atoms with Crippen molar-refractivity contribution in [1.82, 2.24) is 15.3 Å². The van der Waals surface area contributed by atoms with E-state index in [-0.39, 0.29) is 23.9 Å². The van der Waals surface area contributed by atoms with Gasteiger partial charge in [0.05, 0.1) is 35.6 Å². The smallest absolute Gasteiger partial charge is 0.163 e. The van der Waals surface area contributed by atoms with Crippen molar-refractivity contribution in [2.24, 2.45) is 11.1 Å². The summed E-state index contributed by atoms with van der Waals surface area (Å²) in [5.74, 6) is 1.48. The second kappa shape index (κ2) is 12.8. The summed E-state index contributed by atoms with van der Waals surface area (Å²) in [4.78, 5) is 24.7. The number of aromatic nitrogens is 2. The average molecular weight is 574 g/mol. The second-order valence-corrected chi connectivity index (χ2v) is 11.3. The average Bonchev–Trinajstić information content (AvgIpc) is 2.85. The number of ketones is 1. The third-order valence-corrected chi connectivity index (χ3v) is 7.81. The van der Waals surface area contributed by atoms with Crippen LogP contribution in [0.1, 0.15) is 37.9 Å². The summed E-state index contributed by atoms with van der Waals surface area (Å²) < 4.78 is 16.8. The van der Waals surface area contributed by atoms with Crippen molar-refractivity contribution in [1.29, 1.82) is 0 Å². The Morgan fingerprint density at radius 1 is 1.27 bits per heavy atom. The summed E-state index contributed by atoms with van der Waals surface area (Å²) in [6.07, 6.45) is 1.60. The highest BCUT2D eigenvalue weighted by Crippen LogP contribution is 2.51. The van der Waals surface area contributed by atoms with Crippen molar-refractivity contribution in [3.05, 3.63) is 40.2 Å². The molecule has 1 spiro atoms. The topological polar surface area (TPSA) is 132 Å². The molecule has 0 unspecified atom stereocenters. The van der Waals surface area contributed by atoms with Crippen LogP contribution in [-0.2, 0) is 14.3 Å². The van der Waals surface area contributed by atoms with E-state index in [0.29, 0.717) is 58.9 Å². The Labute approximate surface area is 240 Å².